The first-order valence-corrected chi connectivity index (χ1v) is 13.5. The molecule has 2 aromatic heterocycles. The van der Waals surface area contributed by atoms with Crippen LogP contribution in [0.2, 0.25) is 0 Å². The zero-order chi connectivity index (χ0) is 26.6. The van der Waals surface area contributed by atoms with Crippen molar-refractivity contribution in [3.63, 3.8) is 0 Å². The molecule has 11 heteroatoms. The number of nitrogens with one attached hydrogen (secondary N) is 2. The summed E-state index contributed by atoms with van der Waals surface area (Å²) in [6.07, 6.45) is 0. The van der Waals surface area contributed by atoms with Gasteiger partial charge in [-0.25, -0.2) is 9.97 Å². The van der Waals surface area contributed by atoms with Crippen LogP contribution in [0.1, 0.15) is 28.7 Å². The lowest BCUT2D eigenvalue weighted by molar-refractivity contribution is 0.101. The summed E-state index contributed by atoms with van der Waals surface area (Å²) in [5.74, 6) is 2.10. The van der Waals surface area contributed by atoms with E-state index in [1.165, 1.54) is 21.6 Å². The largest absolute Gasteiger partial charge is 0.352 e. The molecule has 4 aromatic rings. The molecule has 2 aromatic carbocycles. The molecule has 194 valence electrons. The molecular formula is C27H28N8OS2. The third kappa shape index (κ3) is 5.95. The topological polar surface area (TPSA) is 98.6 Å². The molecule has 1 saturated heterocycles. The number of anilines is 3. The Kier molecular flexibility index (Phi) is 7.57. The number of guanidine groups is 1. The second kappa shape index (κ2) is 11.2. The highest BCUT2D eigenvalue weighted by Crippen LogP contribution is 2.30. The second-order valence-electron chi connectivity index (χ2n) is 9.07. The molecule has 0 saturated carbocycles. The van der Waals surface area contributed by atoms with Gasteiger partial charge >= 0.3 is 0 Å². The molecule has 0 bridgehead atoms. The van der Waals surface area contributed by atoms with Gasteiger partial charge in [0.25, 0.3) is 0 Å². The standard InChI is InChI=1S/C27H28N8OS2/c1-17-16-18(2)29-25(28-17)31-26(32-27(37)30-21-10-8-20(9-11-21)19(3)36)35-14-12-34(13-15-35)24-22-6-4-5-7-23(22)38-33-24/h4-11,16H,12-15H2,1-3H3,(H2,28,29,30,31,32,37). The van der Waals surface area contributed by atoms with E-state index in [2.05, 4.69) is 48.6 Å². The van der Waals surface area contributed by atoms with Crippen LogP contribution in [0.25, 0.3) is 10.1 Å². The van der Waals surface area contributed by atoms with E-state index < -0.39 is 0 Å². The molecule has 1 aliphatic heterocycles. The maximum atomic E-state index is 11.6. The predicted molar refractivity (Wildman–Crippen MR) is 159 cm³/mol. The summed E-state index contributed by atoms with van der Waals surface area (Å²) in [5, 5.41) is 7.92. The minimum atomic E-state index is 0.0156. The number of hydrogen-bond acceptors (Lipinski definition) is 7. The van der Waals surface area contributed by atoms with E-state index in [4.69, 9.17) is 21.6 Å². The van der Waals surface area contributed by atoms with E-state index in [1.807, 2.05) is 38.1 Å². The van der Waals surface area contributed by atoms with Gasteiger partial charge in [0.1, 0.15) is 5.82 Å². The summed E-state index contributed by atoms with van der Waals surface area (Å²) in [6, 6.07) is 17.4. The highest BCUT2D eigenvalue weighted by molar-refractivity contribution is 7.80. The third-order valence-electron chi connectivity index (χ3n) is 6.19. The summed E-state index contributed by atoms with van der Waals surface area (Å²) < 4.78 is 5.91. The number of aliphatic imine (C=N–C) groups is 1. The molecule has 9 nitrogen and oxygen atoms in total. The van der Waals surface area contributed by atoms with Crippen LogP contribution in [-0.2, 0) is 0 Å². The highest BCUT2D eigenvalue weighted by Gasteiger charge is 2.24. The van der Waals surface area contributed by atoms with Crippen molar-refractivity contribution in [1.82, 2.24) is 19.2 Å². The number of thiocarbonyl (C=S) groups is 1. The highest BCUT2D eigenvalue weighted by atomic mass is 32.1. The van der Waals surface area contributed by atoms with Gasteiger partial charge in [0, 0.05) is 54.2 Å². The number of Topliss-reactive ketones (excluding diaryl/α,β-unsaturated/α-hetero) is 1. The first-order valence-electron chi connectivity index (χ1n) is 12.3. The smallest absolute Gasteiger partial charge is 0.229 e. The Morgan fingerprint density at radius 3 is 2.34 bits per heavy atom. The van der Waals surface area contributed by atoms with Crippen molar-refractivity contribution in [2.24, 2.45) is 4.99 Å². The minimum Gasteiger partial charge on any atom is -0.352 e. The Morgan fingerprint density at radius 1 is 0.974 bits per heavy atom. The summed E-state index contributed by atoms with van der Waals surface area (Å²) >= 11 is 7.11. The monoisotopic (exact) mass is 544 g/mol. The van der Waals surface area contributed by atoms with Gasteiger partial charge in [-0.15, -0.1) is 0 Å². The van der Waals surface area contributed by atoms with Crippen LogP contribution in [0, 0.1) is 13.8 Å². The molecular weight excluding hydrogens is 516 g/mol. The molecule has 0 unspecified atom stereocenters. The predicted octanol–water partition coefficient (Wildman–Crippen LogP) is 4.89. The zero-order valence-corrected chi connectivity index (χ0v) is 23.1. The van der Waals surface area contributed by atoms with Crippen molar-refractivity contribution in [2.75, 3.05) is 41.7 Å². The number of hydrogen-bond donors (Lipinski definition) is 2. The number of benzene rings is 2. The second-order valence-corrected chi connectivity index (χ2v) is 10.3. The number of nitrogens with zero attached hydrogens (tertiary/aromatic N) is 6. The van der Waals surface area contributed by atoms with Crippen LogP contribution >= 0.6 is 23.8 Å². The van der Waals surface area contributed by atoms with Gasteiger partial charge in [-0.05, 0) is 87.0 Å². The van der Waals surface area contributed by atoms with E-state index in [-0.39, 0.29) is 5.78 Å². The van der Waals surface area contributed by atoms with Crippen LogP contribution in [-0.4, -0.2) is 62.3 Å². The van der Waals surface area contributed by atoms with Gasteiger partial charge in [0.2, 0.25) is 17.0 Å². The maximum Gasteiger partial charge on any atom is 0.229 e. The first-order chi connectivity index (χ1) is 18.4. The van der Waals surface area contributed by atoms with Gasteiger partial charge in [0.05, 0.1) is 4.70 Å². The molecule has 0 radical (unpaired) electrons. The Bertz CT molecular complexity index is 1490. The zero-order valence-electron chi connectivity index (χ0n) is 21.4. The van der Waals surface area contributed by atoms with Crippen LogP contribution in [0.4, 0.5) is 17.5 Å². The maximum absolute atomic E-state index is 11.6. The van der Waals surface area contributed by atoms with Crippen molar-refractivity contribution >= 4 is 68.1 Å². The molecule has 38 heavy (non-hydrogen) atoms. The number of fused-ring (bicyclic) bond motifs is 1. The SMILES string of the molecule is CC(=O)c1ccc(NC(=S)/N=C(/Nc2nc(C)cc(C)n2)N2CCN(c3nsc4ccccc34)CC2)cc1. The lowest BCUT2D eigenvalue weighted by Gasteiger charge is -2.36. The molecule has 0 aliphatic carbocycles. The molecule has 5 rings (SSSR count). The number of aromatic nitrogens is 3. The van der Waals surface area contributed by atoms with Crippen molar-refractivity contribution in [3.05, 3.63) is 71.5 Å². The van der Waals surface area contributed by atoms with Crippen molar-refractivity contribution in [1.29, 1.82) is 0 Å². The fraction of sp³-hybridized carbons (Fsp3) is 0.259. The third-order valence-corrected chi connectivity index (χ3v) is 7.20. The van der Waals surface area contributed by atoms with Crippen molar-refractivity contribution in [2.45, 2.75) is 20.8 Å². The van der Waals surface area contributed by atoms with E-state index >= 15 is 0 Å². The van der Waals surface area contributed by atoms with Crippen LogP contribution in [0.5, 0.6) is 0 Å². The van der Waals surface area contributed by atoms with E-state index in [0.29, 0.717) is 22.6 Å². The number of carbonyl (C=O) groups excluding carboxylic acids is 1. The Hall–Kier alpha value is -3.96. The average molecular weight is 545 g/mol. The number of aryl methyl sites for hydroxylation is 2. The van der Waals surface area contributed by atoms with E-state index in [0.717, 1.165) is 49.1 Å². The molecule has 0 amide bonds. The molecule has 1 aliphatic rings. The van der Waals surface area contributed by atoms with Gasteiger partial charge in [0.15, 0.2) is 5.78 Å². The summed E-state index contributed by atoms with van der Waals surface area (Å²) in [4.78, 5) is 29.8. The Morgan fingerprint density at radius 2 is 1.66 bits per heavy atom. The normalized spacial score (nSPS) is 14.0. The molecule has 1 fully saturated rings. The Balaban J connectivity index is 1.35. The van der Waals surface area contributed by atoms with Gasteiger partial charge in [-0.2, -0.15) is 9.37 Å². The molecule has 2 N–H and O–H groups in total. The van der Waals surface area contributed by atoms with Gasteiger partial charge in [-0.1, -0.05) is 12.1 Å². The average Bonchev–Trinajstić information content (AvgIpc) is 3.32. The van der Waals surface area contributed by atoms with Crippen molar-refractivity contribution < 1.29 is 4.79 Å². The van der Waals surface area contributed by atoms with Gasteiger partial charge in [-0.3, -0.25) is 10.1 Å². The molecule has 0 atom stereocenters. The molecule has 3 heterocycles. The fourth-order valence-electron chi connectivity index (χ4n) is 4.33. The van der Waals surface area contributed by atoms with E-state index in [9.17, 15) is 4.79 Å². The van der Waals surface area contributed by atoms with Crippen LogP contribution < -0.4 is 15.5 Å². The van der Waals surface area contributed by atoms with Crippen LogP contribution in [0.3, 0.4) is 0 Å². The van der Waals surface area contributed by atoms with Crippen molar-refractivity contribution in [3.8, 4) is 0 Å². The quantitative estimate of drug-likeness (QED) is 0.161. The lowest BCUT2D eigenvalue weighted by atomic mass is 10.1. The van der Waals surface area contributed by atoms with Crippen LogP contribution in [0.15, 0.2) is 59.6 Å². The number of piperazine rings is 1. The summed E-state index contributed by atoms with van der Waals surface area (Å²) in [5.41, 5.74) is 3.13. The summed E-state index contributed by atoms with van der Waals surface area (Å²) in [7, 11) is 0. The lowest BCUT2D eigenvalue weighted by Crippen LogP contribution is -2.51. The van der Waals surface area contributed by atoms with E-state index in [1.54, 1.807) is 19.1 Å². The number of carbonyl (C=O) groups is 1. The molecule has 0 spiro atoms. The fourth-order valence-corrected chi connectivity index (χ4v) is 5.33. The van der Waals surface area contributed by atoms with Gasteiger partial charge < -0.3 is 15.1 Å². The first kappa shape index (κ1) is 25.7. The summed E-state index contributed by atoms with van der Waals surface area (Å²) in [6.45, 7) is 8.43. The number of rotatable bonds is 4. The number of ketones is 1. The minimum absolute atomic E-state index is 0.0156. The Labute approximate surface area is 230 Å².